The van der Waals surface area contributed by atoms with Crippen LogP contribution in [-0.2, 0) is 9.53 Å². The number of anilines is 1. The minimum absolute atomic E-state index is 0.0559. The normalized spacial score (nSPS) is 15.1. The summed E-state index contributed by atoms with van der Waals surface area (Å²) in [4.78, 5) is 27.7. The Labute approximate surface area is 166 Å². The Morgan fingerprint density at radius 3 is 2.64 bits per heavy atom. The summed E-state index contributed by atoms with van der Waals surface area (Å²) in [5.74, 6) is 1.12. The first-order valence-electron chi connectivity index (χ1n) is 9.89. The Bertz CT molecular complexity index is 774. The fourth-order valence-electron chi connectivity index (χ4n) is 3.45. The van der Waals surface area contributed by atoms with Crippen molar-refractivity contribution in [2.24, 2.45) is 0 Å². The average molecular weight is 383 g/mol. The first kappa shape index (κ1) is 20.2. The summed E-state index contributed by atoms with van der Waals surface area (Å²) in [6.45, 7) is 6.43. The van der Waals surface area contributed by atoms with Crippen LogP contribution in [0.3, 0.4) is 0 Å². The molecule has 1 saturated heterocycles. The minimum atomic E-state index is 0.0559. The lowest BCUT2D eigenvalue weighted by Gasteiger charge is -2.32. The van der Waals surface area contributed by atoms with Crippen LogP contribution < -0.4 is 10.2 Å². The molecular weight excluding hydrogens is 354 g/mol. The number of hydrogen-bond acceptors (Lipinski definition) is 6. The Hall–Kier alpha value is -2.54. The van der Waals surface area contributed by atoms with Gasteiger partial charge >= 0.3 is 0 Å². The summed E-state index contributed by atoms with van der Waals surface area (Å²) in [5, 5.41) is 3.09. The highest BCUT2D eigenvalue weighted by atomic mass is 16.5. The summed E-state index contributed by atoms with van der Waals surface area (Å²) >= 11 is 0. The molecule has 0 aliphatic carbocycles. The van der Waals surface area contributed by atoms with Crippen molar-refractivity contribution < 1.29 is 9.53 Å². The van der Waals surface area contributed by atoms with Gasteiger partial charge in [-0.25, -0.2) is 9.97 Å². The Balaban J connectivity index is 1.67. The lowest BCUT2D eigenvalue weighted by molar-refractivity contribution is -0.122. The van der Waals surface area contributed by atoms with Crippen molar-refractivity contribution in [3.63, 3.8) is 0 Å². The lowest BCUT2D eigenvalue weighted by atomic mass is 10.00. The van der Waals surface area contributed by atoms with E-state index >= 15 is 0 Å². The summed E-state index contributed by atoms with van der Waals surface area (Å²) in [6.07, 6.45) is 7.70. The number of ether oxygens (including phenoxy) is 1. The molecule has 28 heavy (non-hydrogen) atoms. The van der Waals surface area contributed by atoms with Crippen LogP contribution in [0.4, 0.5) is 5.95 Å². The molecule has 2 aromatic heterocycles. The molecule has 1 aliphatic rings. The van der Waals surface area contributed by atoms with Crippen molar-refractivity contribution in [3.8, 4) is 11.1 Å². The van der Waals surface area contributed by atoms with Gasteiger partial charge in [-0.3, -0.25) is 9.78 Å². The molecule has 1 fully saturated rings. The van der Waals surface area contributed by atoms with Crippen LogP contribution in [0.2, 0.25) is 0 Å². The minimum Gasteiger partial charge on any atom is -0.384 e. The molecule has 3 rings (SSSR count). The van der Waals surface area contributed by atoms with E-state index in [0.29, 0.717) is 18.9 Å². The Morgan fingerprint density at radius 1 is 1.29 bits per heavy atom. The third-order valence-corrected chi connectivity index (χ3v) is 5.02. The van der Waals surface area contributed by atoms with Gasteiger partial charge in [0.05, 0.1) is 12.3 Å². The summed E-state index contributed by atoms with van der Waals surface area (Å²) in [6, 6.07) is 4.19. The van der Waals surface area contributed by atoms with Gasteiger partial charge in [-0.15, -0.1) is 0 Å². The highest BCUT2D eigenvalue weighted by Gasteiger charge is 2.23. The molecule has 150 valence electrons. The first-order chi connectivity index (χ1) is 13.6. The molecule has 0 bridgehead atoms. The number of carbonyl (C=O) groups is 1. The van der Waals surface area contributed by atoms with Crippen molar-refractivity contribution in [3.05, 3.63) is 36.4 Å². The van der Waals surface area contributed by atoms with Crippen molar-refractivity contribution in [1.82, 2.24) is 20.3 Å². The zero-order chi connectivity index (χ0) is 19.9. The van der Waals surface area contributed by atoms with Crippen molar-refractivity contribution >= 4 is 11.9 Å². The first-order valence-corrected chi connectivity index (χ1v) is 9.89. The molecule has 0 saturated carbocycles. The van der Waals surface area contributed by atoms with E-state index in [1.54, 1.807) is 19.5 Å². The summed E-state index contributed by atoms with van der Waals surface area (Å²) in [5.41, 5.74) is 3.19. The molecule has 7 nitrogen and oxygen atoms in total. The van der Waals surface area contributed by atoms with E-state index in [0.717, 1.165) is 48.7 Å². The van der Waals surface area contributed by atoms with Crippen molar-refractivity contribution in [2.45, 2.75) is 45.1 Å². The van der Waals surface area contributed by atoms with E-state index in [1.807, 2.05) is 18.3 Å². The zero-order valence-electron chi connectivity index (χ0n) is 16.9. The standard InChI is InChI=1S/C21H29N5O2/c1-15(2)20-18(16-4-9-22-10-5-16)14-23-21(25-20)26-11-6-17(7-12-26)24-19(27)8-13-28-3/h4-5,9-10,14-15,17H,6-8,11-13H2,1-3H3,(H,24,27). The van der Waals surface area contributed by atoms with Gasteiger partial charge in [0, 0.05) is 56.8 Å². The maximum atomic E-state index is 11.9. The third kappa shape index (κ3) is 5.04. The van der Waals surface area contributed by atoms with E-state index in [-0.39, 0.29) is 11.9 Å². The van der Waals surface area contributed by atoms with Crippen LogP contribution in [0.15, 0.2) is 30.7 Å². The fraction of sp³-hybridized carbons (Fsp3) is 0.524. The van der Waals surface area contributed by atoms with Crippen molar-refractivity contribution in [2.75, 3.05) is 31.7 Å². The largest absolute Gasteiger partial charge is 0.384 e. The van der Waals surface area contributed by atoms with Gasteiger partial charge in [0.15, 0.2) is 0 Å². The maximum Gasteiger partial charge on any atom is 0.225 e. The topological polar surface area (TPSA) is 80.2 Å². The van der Waals surface area contributed by atoms with Gasteiger partial charge in [0.25, 0.3) is 0 Å². The van der Waals surface area contributed by atoms with Crippen LogP contribution in [0, 0.1) is 0 Å². The second-order valence-corrected chi connectivity index (χ2v) is 7.43. The second-order valence-electron chi connectivity index (χ2n) is 7.43. The SMILES string of the molecule is COCCC(=O)NC1CCN(c2ncc(-c3ccncc3)c(C(C)C)n2)CC1. The molecule has 2 aromatic rings. The van der Waals surface area contributed by atoms with Crippen molar-refractivity contribution in [1.29, 1.82) is 0 Å². The Kier molecular flexibility index (Phi) is 6.92. The molecule has 0 unspecified atom stereocenters. The number of nitrogens with one attached hydrogen (secondary N) is 1. The predicted molar refractivity (Wildman–Crippen MR) is 109 cm³/mol. The second kappa shape index (κ2) is 9.59. The smallest absolute Gasteiger partial charge is 0.225 e. The number of hydrogen-bond donors (Lipinski definition) is 1. The fourth-order valence-corrected chi connectivity index (χ4v) is 3.45. The van der Waals surface area contributed by atoms with Gasteiger partial charge in [0.2, 0.25) is 11.9 Å². The molecule has 7 heteroatoms. The molecule has 0 aromatic carbocycles. The van der Waals surface area contributed by atoms with Crippen LogP contribution >= 0.6 is 0 Å². The molecule has 0 radical (unpaired) electrons. The molecule has 1 aliphatic heterocycles. The molecule has 1 N–H and O–H groups in total. The number of carbonyl (C=O) groups excluding carboxylic acids is 1. The van der Waals surface area contributed by atoms with Crippen LogP contribution in [-0.4, -0.2) is 53.7 Å². The van der Waals surface area contributed by atoms with Gasteiger partial charge in [0.1, 0.15) is 0 Å². The quantitative estimate of drug-likeness (QED) is 0.792. The summed E-state index contributed by atoms with van der Waals surface area (Å²) in [7, 11) is 1.61. The monoisotopic (exact) mass is 383 g/mol. The highest BCUT2D eigenvalue weighted by Crippen LogP contribution is 2.29. The number of methoxy groups -OCH3 is 1. The van der Waals surface area contributed by atoms with Gasteiger partial charge in [-0.2, -0.15) is 0 Å². The van der Waals surface area contributed by atoms with Crippen LogP contribution in [0.5, 0.6) is 0 Å². The van der Waals surface area contributed by atoms with E-state index in [1.165, 1.54) is 0 Å². The number of nitrogens with zero attached hydrogens (tertiary/aromatic N) is 4. The number of piperidine rings is 1. The Morgan fingerprint density at radius 2 is 2.00 bits per heavy atom. The van der Waals surface area contributed by atoms with E-state index in [4.69, 9.17) is 9.72 Å². The molecule has 0 spiro atoms. The van der Waals surface area contributed by atoms with Gasteiger partial charge < -0.3 is 15.0 Å². The molecular formula is C21H29N5O2. The molecule has 0 atom stereocenters. The zero-order valence-corrected chi connectivity index (χ0v) is 16.9. The van der Waals surface area contributed by atoms with Gasteiger partial charge in [-0.05, 0) is 36.5 Å². The van der Waals surface area contributed by atoms with E-state index in [2.05, 4.69) is 34.0 Å². The van der Waals surface area contributed by atoms with E-state index < -0.39 is 0 Å². The molecule has 3 heterocycles. The molecule has 1 amide bonds. The van der Waals surface area contributed by atoms with Crippen LogP contribution in [0.25, 0.3) is 11.1 Å². The average Bonchev–Trinajstić information content (AvgIpc) is 2.73. The third-order valence-electron chi connectivity index (χ3n) is 5.02. The van der Waals surface area contributed by atoms with E-state index in [9.17, 15) is 4.79 Å². The lowest BCUT2D eigenvalue weighted by Crippen LogP contribution is -2.45. The maximum absolute atomic E-state index is 11.9. The highest BCUT2D eigenvalue weighted by molar-refractivity contribution is 5.76. The number of rotatable bonds is 7. The van der Waals surface area contributed by atoms with Crippen LogP contribution in [0.1, 0.15) is 44.7 Å². The van der Waals surface area contributed by atoms with Gasteiger partial charge in [-0.1, -0.05) is 13.8 Å². The number of amides is 1. The summed E-state index contributed by atoms with van der Waals surface area (Å²) < 4.78 is 4.96. The predicted octanol–water partition coefficient (Wildman–Crippen LogP) is 2.78. The number of pyridine rings is 1. The number of aromatic nitrogens is 3.